The summed E-state index contributed by atoms with van der Waals surface area (Å²) < 4.78 is 5.29. The first-order valence-electron chi connectivity index (χ1n) is 4.72. The molecule has 0 aliphatic rings. The molecule has 0 saturated heterocycles. The van der Waals surface area contributed by atoms with Crippen LogP contribution in [0.15, 0.2) is 21.5 Å². The van der Waals surface area contributed by atoms with Crippen LogP contribution >= 0.6 is 11.6 Å². The molecule has 16 heavy (non-hydrogen) atoms. The smallest absolute Gasteiger partial charge is 0.203 e. The predicted octanol–water partition coefficient (Wildman–Crippen LogP) is 2.88. The van der Waals surface area contributed by atoms with Gasteiger partial charge in [0, 0.05) is 5.02 Å². The monoisotopic (exact) mass is 236 g/mol. The number of aryl methyl sites for hydroxylation is 1. The Labute approximate surface area is 96.6 Å². The molecule has 0 atom stereocenters. The highest BCUT2D eigenvalue weighted by Crippen LogP contribution is 2.26. The Hall–Kier alpha value is -1.61. The molecule has 0 amide bonds. The van der Waals surface area contributed by atoms with Crippen LogP contribution in [0.25, 0.3) is 11.0 Å². The molecule has 4 heteroatoms. The van der Waals surface area contributed by atoms with E-state index in [0.29, 0.717) is 22.3 Å². The summed E-state index contributed by atoms with van der Waals surface area (Å²) >= 11 is 5.99. The first kappa shape index (κ1) is 10.9. The second-order valence-electron chi connectivity index (χ2n) is 3.62. The van der Waals surface area contributed by atoms with E-state index in [1.165, 1.54) is 12.3 Å². The van der Waals surface area contributed by atoms with E-state index in [1.807, 2.05) is 13.8 Å². The van der Waals surface area contributed by atoms with Crippen molar-refractivity contribution < 1.29 is 9.21 Å². The van der Waals surface area contributed by atoms with E-state index in [1.54, 1.807) is 0 Å². The molecule has 0 radical (unpaired) electrons. The van der Waals surface area contributed by atoms with Crippen LogP contribution in [0.3, 0.4) is 0 Å². The van der Waals surface area contributed by atoms with E-state index in [0.717, 1.165) is 11.1 Å². The number of rotatable bonds is 1. The van der Waals surface area contributed by atoms with Crippen LogP contribution in [0.1, 0.15) is 21.5 Å². The van der Waals surface area contributed by atoms with Crippen molar-refractivity contribution in [3.05, 3.63) is 44.3 Å². The van der Waals surface area contributed by atoms with Crippen LogP contribution in [-0.4, -0.2) is 6.29 Å². The molecule has 82 valence electrons. The van der Waals surface area contributed by atoms with Crippen molar-refractivity contribution in [2.45, 2.75) is 13.8 Å². The molecule has 0 unspecified atom stereocenters. The van der Waals surface area contributed by atoms with Crippen LogP contribution in [0.5, 0.6) is 0 Å². The second kappa shape index (κ2) is 3.76. The van der Waals surface area contributed by atoms with Gasteiger partial charge in [-0.3, -0.25) is 9.59 Å². The van der Waals surface area contributed by atoms with Gasteiger partial charge in [0.25, 0.3) is 0 Å². The molecule has 1 heterocycles. The maximum Gasteiger partial charge on any atom is 0.203 e. The summed E-state index contributed by atoms with van der Waals surface area (Å²) in [4.78, 5) is 22.4. The van der Waals surface area contributed by atoms with E-state index in [9.17, 15) is 9.59 Å². The van der Waals surface area contributed by atoms with Crippen molar-refractivity contribution in [2.24, 2.45) is 0 Å². The third-order valence-corrected chi connectivity index (χ3v) is 3.11. The van der Waals surface area contributed by atoms with Gasteiger partial charge < -0.3 is 4.42 Å². The minimum absolute atomic E-state index is 0.00631. The Morgan fingerprint density at radius 3 is 2.62 bits per heavy atom. The lowest BCUT2D eigenvalue weighted by Gasteiger charge is -2.06. The zero-order valence-corrected chi connectivity index (χ0v) is 9.59. The second-order valence-corrected chi connectivity index (χ2v) is 4.03. The summed E-state index contributed by atoms with van der Waals surface area (Å²) in [7, 11) is 0. The number of aldehydes is 1. The lowest BCUT2D eigenvalue weighted by atomic mass is 10.1. The number of benzene rings is 1. The Morgan fingerprint density at radius 2 is 2.00 bits per heavy atom. The maximum absolute atomic E-state index is 11.8. The zero-order valence-electron chi connectivity index (χ0n) is 8.83. The summed E-state index contributed by atoms with van der Waals surface area (Å²) in [5.41, 5.74) is 1.83. The fourth-order valence-corrected chi connectivity index (χ4v) is 1.84. The van der Waals surface area contributed by atoms with Gasteiger partial charge in [0.1, 0.15) is 11.8 Å². The van der Waals surface area contributed by atoms with Crippen molar-refractivity contribution in [1.29, 1.82) is 0 Å². The van der Waals surface area contributed by atoms with E-state index in [2.05, 4.69) is 0 Å². The molecule has 2 aromatic rings. The molecule has 1 aromatic carbocycles. The lowest BCUT2D eigenvalue weighted by molar-refractivity contribution is 0.112. The van der Waals surface area contributed by atoms with Crippen LogP contribution < -0.4 is 5.43 Å². The Balaban J connectivity index is 3.02. The number of carbonyl (C=O) groups excluding carboxylic acids is 1. The number of hydrogen-bond acceptors (Lipinski definition) is 3. The van der Waals surface area contributed by atoms with Crippen LogP contribution in [0.2, 0.25) is 5.02 Å². The van der Waals surface area contributed by atoms with Gasteiger partial charge in [-0.2, -0.15) is 0 Å². The molecule has 2 rings (SSSR count). The standard InChI is InChI=1S/C12H9ClO3/c1-6-7(2)12-9(3-10(6)13)11(15)8(4-14)5-16-12/h3-5H,1-2H3. The van der Waals surface area contributed by atoms with Crippen molar-refractivity contribution in [3.63, 3.8) is 0 Å². The van der Waals surface area contributed by atoms with Gasteiger partial charge in [0.05, 0.1) is 10.9 Å². The molecular weight excluding hydrogens is 228 g/mol. The van der Waals surface area contributed by atoms with Crippen LogP contribution in [0.4, 0.5) is 0 Å². The van der Waals surface area contributed by atoms with Gasteiger partial charge in [-0.1, -0.05) is 11.6 Å². The van der Waals surface area contributed by atoms with Crippen molar-refractivity contribution in [1.82, 2.24) is 0 Å². The SMILES string of the molecule is Cc1c(Cl)cc2c(=O)c(C=O)coc2c1C. The topological polar surface area (TPSA) is 47.3 Å². The quantitative estimate of drug-likeness (QED) is 0.716. The van der Waals surface area contributed by atoms with Crippen LogP contribution in [-0.2, 0) is 0 Å². The molecular formula is C12H9ClO3. The van der Waals surface area contributed by atoms with E-state index in [-0.39, 0.29) is 11.0 Å². The number of hydrogen-bond donors (Lipinski definition) is 0. The van der Waals surface area contributed by atoms with Gasteiger partial charge in [-0.25, -0.2) is 0 Å². The Kier molecular flexibility index (Phi) is 2.56. The Morgan fingerprint density at radius 1 is 1.31 bits per heavy atom. The van der Waals surface area contributed by atoms with E-state index >= 15 is 0 Å². The molecule has 0 fully saturated rings. The molecule has 0 N–H and O–H groups in total. The number of halogens is 1. The molecule has 0 aliphatic carbocycles. The van der Waals surface area contributed by atoms with Crippen LogP contribution in [0, 0.1) is 13.8 Å². The first-order chi connectivity index (χ1) is 7.56. The van der Waals surface area contributed by atoms with Crippen molar-refractivity contribution >= 4 is 28.9 Å². The van der Waals surface area contributed by atoms with Gasteiger partial charge in [0.15, 0.2) is 6.29 Å². The maximum atomic E-state index is 11.8. The molecule has 0 saturated carbocycles. The lowest BCUT2D eigenvalue weighted by Crippen LogP contribution is -2.08. The van der Waals surface area contributed by atoms with E-state index in [4.69, 9.17) is 16.0 Å². The highest BCUT2D eigenvalue weighted by atomic mass is 35.5. The molecule has 0 bridgehead atoms. The molecule has 1 aromatic heterocycles. The normalized spacial score (nSPS) is 10.7. The summed E-state index contributed by atoms with van der Waals surface area (Å²) in [5.74, 6) is 0. The zero-order chi connectivity index (χ0) is 11.9. The third-order valence-electron chi connectivity index (χ3n) is 2.71. The molecule has 3 nitrogen and oxygen atoms in total. The summed E-state index contributed by atoms with van der Waals surface area (Å²) in [5, 5.41) is 0.845. The molecule has 0 spiro atoms. The summed E-state index contributed by atoms with van der Waals surface area (Å²) in [6.45, 7) is 3.68. The Bertz CT molecular complexity index is 641. The number of carbonyl (C=O) groups is 1. The van der Waals surface area contributed by atoms with Gasteiger partial charge >= 0.3 is 0 Å². The summed E-state index contributed by atoms with van der Waals surface area (Å²) in [6.07, 6.45) is 1.66. The van der Waals surface area contributed by atoms with E-state index < -0.39 is 0 Å². The average molecular weight is 237 g/mol. The fraction of sp³-hybridized carbons (Fsp3) is 0.167. The number of fused-ring (bicyclic) bond motifs is 1. The summed E-state index contributed by atoms with van der Waals surface area (Å²) in [6, 6.07) is 1.54. The minimum Gasteiger partial charge on any atom is -0.463 e. The highest BCUT2D eigenvalue weighted by molar-refractivity contribution is 6.32. The fourth-order valence-electron chi connectivity index (χ4n) is 1.59. The van der Waals surface area contributed by atoms with Gasteiger partial charge in [-0.05, 0) is 31.0 Å². The van der Waals surface area contributed by atoms with Gasteiger partial charge in [-0.15, -0.1) is 0 Å². The van der Waals surface area contributed by atoms with Gasteiger partial charge in [0.2, 0.25) is 5.43 Å². The highest BCUT2D eigenvalue weighted by Gasteiger charge is 2.12. The largest absolute Gasteiger partial charge is 0.463 e. The minimum atomic E-state index is -0.346. The average Bonchev–Trinajstić information content (AvgIpc) is 2.28. The third kappa shape index (κ3) is 1.44. The first-order valence-corrected chi connectivity index (χ1v) is 5.10. The molecule has 0 aliphatic heterocycles. The predicted molar refractivity (Wildman–Crippen MR) is 62.4 cm³/mol. The van der Waals surface area contributed by atoms with Crippen molar-refractivity contribution in [2.75, 3.05) is 0 Å². The van der Waals surface area contributed by atoms with Crippen molar-refractivity contribution in [3.8, 4) is 0 Å².